The lowest BCUT2D eigenvalue weighted by atomic mass is 10.1. The molecule has 0 unspecified atom stereocenters. The normalized spacial score (nSPS) is 13.9. The molecule has 0 spiro atoms. The van der Waals surface area contributed by atoms with Crippen molar-refractivity contribution >= 4 is 63.3 Å². The monoisotopic (exact) mass is 576 g/mol. The number of nitrogens with one attached hydrogen (secondary N) is 1. The van der Waals surface area contributed by atoms with Crippen LogP contribution in [0.4, 0.5) is 17.1 Å². The van der Waals surface area contributed by atoms with Crippen molar-refractivity contribution in [3.8, 4) is 5.75 Å². The Balaban J connectivity index is 1.55. The minimum atomic E-state index is -0.528. The molecule has 3 aromatic rings. The summed E-state index contributed by atoms with van der Waals surface area (Å²) < 4.78 is 6.41. The fourth-order valence-electron chi connectivity index (χ4n) is 4.13. The zero-order valence-corrected chi connectivity index (χ0v) is 23.7. The van der Waals surface area contributed by atoms with E-state index in [1.807, 2.05) is 62.4 Å². The molecule has 0 bridgehead atoms. The summed E-state index contributed by atoms with van der Waals surface area (Å²) in [5, 5.41) is 13.7. The molecule has 0 aromatic heterocycles. The van der Waals surface area contributed by atoms with Gasteiger partial charge in [-0.3, -0.25) is 24.6 Å². The fraction of sp³-hybridized carbons (Fsp3) is 0.207. The minimum Gasteiger partial charge on any atom is -0.483 e. The van der Waals surface area contributed by atoms with Crippen molar-refractivity contribution in [3.05, 3.63) is 98.9 Å². The number of nitro benzene ring substituents is 1. The Hall–Kier alpha value is -4.22. The number of hydrogen-bond donors (Lipinski definition) is 1. The number of ether oxygens (including phenoxy) is 1. The Labute approximate surface area is 242 Å². The average Bonchev–Trinajstić information content (AvgIpc) is 3.21. The minimum absolute atomic E-state index is 0.127. The molecule has 0 aliphatic carbocycles. The summed E-state index contributed by atoms with van der Waals surface area (Å²) in [5.41, 5.74) is 2.68. The number of non-ortho nitro benzene ring substituents is 1. The van der Waals surface area contributed by atoms with Crippen LogP contribution in [0.2, 0.25) is 0 Å². The number of nitro groups is 1. The van der Waals surface area contributed by atoms with E-state index in [2.05, 4.69) is 10.2 Å². The van der Waals surface area contributed by atoms with Crippen LogP contribution in [0.5, 0.6) is 5.75 Å². The van der Waals surface area contributed by atoms with E-state index in [0.717, 1.165) is 24.3 Å². The van der Waals surface area contributed by atoms with Crippen LogP contribution >= 0.6 is 24.0 Å². The van der Waals surface area contributed by atoms with Crippen LogP contribution in [0.15, 0.2) is 77.7 Å². The van der Waals surface area contributed by atoms with Crippen molar-refractivity contribution in [2.24, 2.45) is 0 Å². The molecular formula is C29H28N4O5S2. The fourth-order valence-corrected chi connectivity index (χ4v) is 5.38. The van der Waals surface area contributed by atoms with E-state index in [4.69, 9.17) is 17.0 Å². The first-order chi connectivity index (χ1) is 19.3. The van der Waals surface area contributed by atoms with Gasteiger partial charge in [-0.2, -0.15) is 0 Å². The van der Waals surface area contributed by atoms with E-state index in [9.17, 15) is 19.7 Å². The molecule has 2 amide bonds. The summed E-state index contributed by atoms with van der Waals surface area (Å²) >= 11 is 6.72. The molecule has 40 heavy (non-hydrogen) atoms. The number of amides is 2. The molecule has 3 aromatic carbocycles. The second kappa shape index (κ2) is 13.2. The second-order valence-corrected chi connectivity index (χ2v) is 10.5. The first-order valence-electron chi connectivity index (χ1n) is 12.6. The van der Waals surface area contributed by atoms with Gasteiger partial charge in [0.15, 0.2) is 6.61 Å². The van der Waals surface area contributed by atoms with Gasteiger partial charge in [-0.1, -0.05) is 60.4 Å². The molecule has 9 nitrogen and oxygen atoms in total. The van der Waals surface area contributed by atoms with Gasteiger partial charge in [-0.05, 0) is 43.7 Å². The van der Waals surface area contributed by atoms with Crippen molar-refractivity contribution in [3.63, 3.8) is 0 Å². The molecule has 1 aliphatic rings. The lowest BCUT2D eigenvalue weighted by Crippen LogP contribution is -2.27. The zero-order valence-electron chi connectivity index (χ0n) is 22.0. The van der Waals surface area contributed by atoms with E-state index in [0.29, 0.717) is 32.8 Å². The van der Waals surface area contributed by atoms with Crippen molar-refractivity contribution in [2.45, 2.75) is 20.4 Å². The summed E-state index contributed by atoms with van der Waals surface area (Å²) in [6.07, 6.45) is 1.73. The largest absolute Gasteiger partial charge is 0.483 e. The van der Waals surface area contributed by atoms with Crippen LogP contribution in [0.25, 0.3) is 6.08 Å². The molecule has 1 fully saturated rings. The standard InChI is InChI=1S/C29H28N4O5S2/c1-3-31(4-2)23-14-13-21(15-26-28(35)32(29(39)40-26)18-20-9-6-5-7-10-20)25(17-23)38-19-27(34)30-22-11-8-12-24(16-22)33(36)37/h5-17H,3-4,18-19H2,1-2H3,(H,30,34)/b26-15-. The first-order valence-corrected chi connectivity index (χ1v) is 13.9. The van der Waals surface area contributed by atoms with Gasteiger partial charge >= 0.3 is 0 Å². The summed E-state index contributed by atoms with van der Waals surface area (Å²) in [7, 11) is 0. The topological polar surface area (TPSA) is 105 Å². The molecule has 1 saturated heterocycles. The van der Waals surface area contributed by atoms with E-state index < -0.39 is 10.8 Å². The third kappa shape index (κ3) is 7.04. The van der Waals surface area contributed by atoms with E-state index in [1.165, 1.54) is 30.0 Å². The Morgan fingerprint density at radius 2 is 1.85 bits per heavy atom. The van der Waals surface area contributed by atoms with E-state index in [-0.39, 0.29) is 18.2 Å². The number of carbonyl (C=O) groups is 2. The average molecular weight is 577 g/mol. The quantitative estimate of drug-likeness (QED) is 0.131. The van der Waals surface area contributed by atoms with Gasteiger partial charge in [0, 0.05) is 48.2 Å². The van der Waals surface area contributed by atoms with Gasteiger partial charge in [0.1, 0.15) is 10.1 Å². The zero-order chi connectivity index (χ0) is 28.6. The number of hydrogen-bond acceptors (Lipinski definition) is 8. The molecule has 0 atom stereocenters. The van der Waals surface area contributed by atoms with Gasteiger partial charge in [-0.15, -0.1) is 0 Å². The number of thioether (sulfide) groups is 1. The molecule has 1 aliphatic heterocycles. The number of anilines is 2. The Morgan fingerprint density at radius 1 is 1.10 bits per heavy atom. The number of rotatable bonds is 11. The van der Waals surface area contributed by atoms with Gasteiger partial charge in [0.05, 0.1) is 16.4 Å². The SMILES string of the molecule is CCN(CC)c1ccc(/C=C2\SC(=S)N(Cc3ccccc3)C2=O)c(OCC(=O)Nc2cccc([N+](=O)[O-])c2)c1. The lowest BCUT2D eigenvalue weighted by molar-refractivity contribution is -0.384. The molecule has 1 heterocycles. The van der Waals surface area contributed by atoms with E-state index in [1.54, 1.807) is 17.0 Å². The molecular weight excluding hydrogens is 548 g/mol. The highest BCUT2D eigenvalue weighted by Gasteiger charge is 2.32. The Kier molecular flexibility index (Phi) is 9.52. The summed E-state index contributed by atoms with van der Waals surface area (Å²) in [4.78, 5) is 40.6. The maximum absolute atomic E-state index is 13.2. The van der Waals surface area contributed by atoms with Crippen LogP contribution in [-0.2, 0) is 16.1 Å². The third-order valence-corrected chi connectivity index (χ3v) is 7.55. The number of thiocarbonyl (C=S) groups is 1. The van der Waals surface area contributed by atoms with Gasteiger partial charge in [-0.25, -0.2) is 0 Å². The van der Waals surface area contributed by atoms with Crippen LogP contribution < -0.4 is 15.0 Å². The Morgan fingerprint density at radius 3 is 2.55 bits per heavy atom. The molecule has 0 saturated carbocycles. The smallest absolute Gasteiger partial charge is 0.271 e. The predicted molar refractivity (Wildman–Crippen MR) is 162 cm³/mol. The van der Waals surface area contributed by atoms with Gasteiger partial charge in [0.2, 0.25) is 0 Å². The van der Waals surface area contributed by atoms with Crippen molar-refractivity contribution in [1.82, 2.24) is 4.90 Å². The van der Waals surface area contributed by atoms with Crippen LogP contribution in [0.3, 0.4) is 0 Å². The highest BCUT2D eigenvalue weighted by atomic mass is 32.2. The highest BCUT2D eigenvalue weighted by Crippen LogP contribution is 2.36. The number of benzene rings is 3. The molecule has 0 radical (unpaired) electrons. The molecule has 11 heteroatoms. The lowest BCUT2D eigenvalue weighted by Gasteiger charge is -2.22. The number of carbonyl (C=O) groups excluding carboxylic acids is 2. The summed E-state index contributed by atoms with van der Waals surface area (Å²) in [5.74, 6) is -0.248. The van der Waals surface area contributed by atoms with Gasteiger partial charge in [0.25, 0.3) is 17.5 Å². The van der Waals surface area contributed by atoms with Gasteiger partial charge < -0.3 is 15.0 Å². The van der Waals surface area contributed by atoms with Crippen LogP contribution in [-0.4, -0.2) is 45.7 Å². The van der Waals surface area contributed by atoms with Crippen LogP contribution in [0, 0.1) is 10.1 Å². The molecule has 206 valence electrons. The maximum atomic E-state index is 13.2. The summed E-state index contributed by atoms with van der Waals surface area (Å²) in [6.45, 7) is 5.69. The highest BCUT2D eigenvalue weighted by molar-refractivity contribution is 8.26. The maximum Gasteiger partial charge on any atom is 0.271 e. The van der Waals surface area contributed by atoms with E-state index >= 15 is 0 Å². The molecule has 4 rings (SSSR count). The first kappa shape index (κ1) is 28.8. The third-order valence-electron chi connectivity index (χ3n) is 6.17. The second-order valence-electron chi connectivity index (χ2n) is 8.79. The summed E-state index contributed by atoms with van der Waals surface area (Å²) in [6, 6.07) is 21.0. The van der Waals surface area contributed by atoms with Crippen LogP contribution in [0.1, 0.15) is 25.0 Å². The molecule has 1 N–H and O–H groups in total. The predicted octanol–water partition coefficient (Wildman–Crippen LogP) is 5.86. The van der Waals surface area contributed by atoms with Crippen molar-refractivity contribution in [2.75, 3.05) is 29.9 Å². The van der Waals surface area contributed by atoms with Crippen molar-refractivity contribution < 1.29 is 19.2 Å². The Bertz CT molecular complexity index is 1460. The number of nitrogens with zero attached hydrogens (tertiary/aromatic N) is 3. The van der Waals surface area contributed by atoms with Crippen molar-refractivity contribution in [1.29, 1.82) is 0 Å².